The third-order valence-corrected chi connectivity index (χ3v) is 5.64. The van der Waals surface area contributed by atoms with Gasteiger partial charge in [-0.05, 0) is 41.8 Å². The fourth-order valence-corrected chi connectivity index (χ4v) is 4.05. The molecule has 0 spiro atoms. The molecule has 1 aliphatic heterocycles. The van der Waals surface area contributed by atoms with Crippen LogP contribution in [0.5, 0.6) is 0 Å². The standard InChI is InChI=1S/C21H23Cl2NO/c1-3-4-18-20(15-7-11-17(23)12-8-15)24-19(13(2)21(18)25)14-5-9-16(22)10-6-14/h5-13,18-20,24H,3-4H2,1-2H3/t13-,18+,19+,20+/m1/s1. The minimum atomic E-state index is -0.0683. The van der Waals surface area contributed by atoms with E-state index in [1.165, 1.54) is 0 Å². The van der Waals surface area contributed by atoms with E-state index in [1.54, 1.807) is 0 Å². The second-order valence-electron chi connectivity index (χ2n) is 6.81. The van der Waals surface area contributed by atoms with Gasteiger partial charge in [-0.3, -0.25) is 4.79 Å². The van der Waals surface area contributed by atoms with E-state index in [0.29, 0.717) is 15.8 Å². The summed E-state index contributed by atoms with van der Waals surface area (Å²) in [6.07, 6.45) is 1.87. The highest BCUT2D eigenvalue weighted by Crippen LogP contribution is 2.40. The van der Waals surface area contributed by atoms with Crippen LogP contribution < -0.4 is 5.32 Å². The molecule has 1 heterocycles. The molecular formula is C21H23Cl2NO. The number of carbonyl (C=O) groups is 1. The molecule has 0 bridgehead atoms. The smallest absolute Gasteiger partial charge is 0.142 e. The van der Waals surface area contributed by atoms with Crippen LogP contribution in [0.4, 0.5) is 0 Å². The molecule has 2 aromatic carbocycles. The lowest BCUT2D eigenvalue weighted by atomic mass is 9.74. The Labute approximate surface area is 159 Å². The Morgan fingerprint density at radius 3 is 1.84 bits per heavy atom. The topological polar surface area (TPSA) is 29.1 Å². The minimum Gasteiger partial charge on any atom is -0.302 e. The van der Waals surface area contributed by atoms with E-state index in [0.717, 1.165) is 24.0 Å². The van der Waals surface area contributed by atoms with Gasteiger partial charge in [-0.1, -0.05) is 67.7 Å². The SMILES string of the molecule is CCC[C@@H]1C(=O)[C@H](C)[C@@H](c2ccc(Cl)cc2)N[C@H]1c1ccc(Cl)cc1. The van der Waals surface area contributed by atoms with Crippen LogP contribution in [-0.2, 0) is 4.79 Å². The van der Waals surface area contributed by atoms with Crippen molar-refractivity contribution in [2.24, 2.45) is 11.8 Å². The molecule has 2 nitrogen and oxygen atoms in total. The summed E-state index contributed by atoms with van der Waals surface area (Å²) in [6, 6.07) is 15.6. The van der Waals surface area contributed by atoms with E-state index < -0.39 is 0 Å². The van der Waals surface area contributed by atoms with Crippen molar-refractivity contribution in [3.63, 3.8) is 0 Å². The Morgan fingerprint density at radius 2 is 1.36 bits per heavy atom. The van der Waals surface area contributed by atoms with Crippen LogP contribution in [0.3, 0.4) is 0 Å². The van der Waals surface area contributed by atoms with Gasteiger partial charge in [-0.2, -0.15) is 0 Å². The van der Waals surface area contributed by atoms with E-state index in [1.807, 2.05) is 55.5 Å². The van der Waals surface area contributed by atoms with Gasteiger partial charge in [0.1, 0.15) is 5.78 Å². The van der Waals surface area contributed by atoms with E-state index in [2.05, 4.69) is 12.2 Å². The summed E-state index contributed by atoms with van der Waals surface area (Å²) < 4.78 is 0. The number of ketones is 1. The number of hydrogen-bond donors (Lipinski definition) is 1. The first-order valence-electron chi connectivity index (χ1n) is 8.82. The summed E-state index contributed by atoms with van der Waals surface area (Å²) >= 11 is 12.1. The Bertz CT molecular complexity index is 727. The van der Waals surface area contributed by atoms with Crippen LogP contribution >= 0.6 is 23.2 Å². The van der Waals surface area contributed by atoms with Crippen LogP contribution in [-0.4, -0.2) is 5.78 Å². The highest BCUT2D eigenvalue weighted by molar-refractivity contribution is 6.30. The molecule has 1 saturated heterocycles. The Morgan fingerprint density at radius 1 is 0.880 bits per heavy atom. The molecule has 1 N–H and O–H groups in total. The highest BCUT2D eigenvalue weighted by atomic mass is 35.5. The monoisotopic (exact) mass is 375 g/mol. The normalized spacial score (nSPS) is 26.6. The van der Waals surface area contributed by atoms with Crippen LogP contribution in [0.2, 0.25) is 10.0 Å². The van der Waals surface area contributed by atoms with Crippen molar-refractivity contribution in [3.05, 3.63) is 69.7 Å². The van der Waals surface area contributed by atoms with Gasteiger partial charge in [0.25, 0.3) is 0 Å². The average molecular weight is 376 g/mol. The van der Waals surface area contributed by atoms with Crippen molar-refractivity contribution in [1.82, 2.24) is 5.32 Å². The molecule has 132 valence electrons. The summed E-state index contributed by atoms with van der Waals surface area (Å²) in [6.45, 7) is 4.15. The van der Waals surface area contributed by atoms with Gasteiger partial charge in [-0.25, -0.2) is 0 Å². The molecule has 3 rings (SSSR count). The number of rotatable bonds is 4. The maximum Gasteiger partial charge on any atom is 0.142 e. The molecule has 0 saturated carbocycles. The van der Waals surface area contributed by atoms with Crippen molar-refractivity contribution in [1.29, 1.82) is 0 Å². The number of benzene rings is 2. The average Bonchev–Trinajstić information content (AvgIpc) is 2.61. The number of nitrogens with one attached hydrogen (secondary N) is 1. The van der Waals surface area contributed by atoms with Crippen molar-refractivity contribution in [2.75, 3.05) is 0 Å². The molecule has 0 unspecified atom stereocenters. The first kappa shape index (κ1) is 18.4. The lowest BCUT2D eigenvalue weighted by Crippen LogP contribution is -2.47. The van der Waals surface area contributed by atoms with Crippen LogP contribution in [0.15, 0.2) is 48.5 Å². The number of piperidine rings is 1. The minimum absolute atomic E-state index is 0.00148. The maximum absolute atomic E-state index is 13.1. The maximum atomic E-state index is 13.1. The quantitative estimate of drug-likeness (QED) is 0.709. The summed E-state index contributed by atoms with van der Waals surface area (Å²) in [7, 11) is 0. The van der Waals surface area contributed by atoms with Gasteiger partial charge in [0, 0.05) is 34.0 Å². The van der Waals surface area contributed by atoms with Crippen LogP contribution in [0.1, 0.15) is 49.9 Å². The molecule has 0 aliphatic carbocycles. The fraction of sp³-hybridized carbons (Fsp3) is 0.381. The Kier molecular flexibility index (Phi) is 5.83. The number of Topliss-reactive ketones (excluding diaryl/α,β-unsaturated/α-hetero) is 1. The van der Waals surface area contributed by atoms with Crippen molar-refractivity contribution < 1.29 is 4.79 Å². The Hall–Kier alpha value is -1.35. The number of halogens is 2. The van der Waals surface area contributed by atoms with Gasteiger partial charge in [0.2, 0.25) is 0 Å². The second-order valence-corrected chi connectivity index (χ2v) is 7.68. The Balaban J connectivity index is 1.96. The van der Waals surface area contributed by atoms with Crippen molar-refractivity contribution in [2.45, 2.75) is 38.8 Å². The van der Waals surface area contributed by atoms with E-state index in [4.69, 9.17) is 23.2 Å². The van der Waals surface area contributed by atoms with Gasteiger partial charge >= 0.3 is 0 Å². The molecule has 0 aromatic heterocycles. The second kappa shape index (κ2) is 7.90. The lowest BCUT2D eigenvalue weighted by molar-refractivity contribution is -0.131. The van der Waals surface area contributed by atoms with E-state index in [-0.39, 0.29) is 23.9 Å². The fourth-order valence-electron chi connectivity index (χ4n) is 3.79. The van der Waals surface area contributed by atoms with Gasteiger partial charge in [0.15, 0.2) is 0 Å². The van der Waals surface area contributed by atoms with Crippen LogP contribution in [0.25, 0.3) is 0 Å². The lowest BCUT2D eigenvalue weighted by Gasteiger charge is -2.41. The largest absolute Gasteiger partial charge is 0.302 e. The third kappa shape index (κ3) is 3.92. The molecule has 25 heavy (non-hydrogen) atoms. The first-order chi connectivity index (χ1) is 12.0. The molecular weight excluding hydrogens is 353 g/mol. The van der Waals surface area contributed by atoms with Gasteiger partial charge in [-0.15, -0.1) is 0 Å². The third-order valence-electron chi connectivity index (χ3n) is 5.13. The van der Waals surface area contributed by atoms with Gasteiger partial charge < -0.3 is 5.32 Å². The van der Waals surface area contributed by atoms with Crippen LogP contribution in [0, 0.1) is 11.8 Å². The molecule has 0 amide bonds. The predicted molar refractivity (Wildman–Crippen MR) is 104 cm³/mol. The molecule has 2 aromatic rings. The molecule has 4 heteroatoms. The zero-order chi connectivity index (χ0) is 18.0. The van der Waals surface area contributed by atoms with Crippen molar-refractivity contribution >= 4 is 29.0 Å². The molecule has 1 aliphatic rings. The van der Waals surface area contributed by atoms with E-state index in [9.17, 15) is 4.79 Å². The highest BCUT2D eigenvalue weighted by Gasteiger charge is 2.41. The first-order valence-corrected chi connectivity index (χ1v) is 9.57. The molecule has 4 atom stereocenters. The zero-order valence-electron chi connectivity index (χ0n) is 14.5. The van der Waals surface area contributed by atoms with Crippen molar-refractivity contribution in [3.8, 4) is 0 Å². The van der Waals surface area contributed by atoms with Gasteiger partial charge in [0.05, 0.1) is 0 Å². The predicted octanol–water partition coefficient (Wildman–Crippen LogP) is 6.00. The summed E-state index contributed by atoms with van der Waals surface area (Å²) in [4.78, 5) is 13.1. The van der Waals surface area contributed by atoms with E-state index >= 15 is 0 Å². The number of hydrogen-bond acceptors (Lipinski definition) is 2. The zero-order valence-corrected chi connectivity index (χ0v) is 16.0. The summed E-state index contributed by atoms with van der Waals surface area (Å²) in [5.74, 6) is 0.256. The molecule has 1 fully saturated rings. The summed E-state index contributed by atoms with van der Waals surface area (Å²) in [5.41, 5.74) is 2.21. The number of carbonyl (C=O) groups excluding carboxylic acids is 1. The molecule has 0 radical (unpaired) electrons. The summed E-state index contributed by atoms with van der Waals surface area (Å²) in [5, 5.41) is 5.15.